The molecule has 0 spiro atoms. The molecule has 0 fully saturated rings. The Morgan fingerprint density at radius 1 is 0.914 bits per heavy atom. The first-order valence-corrected chi connectivity index (χ1v) is 12.6. The minimum Gasteiger partial charge on any atom is -0.491 e. The van der Waals surface area contributed by atoms with Crippen LogP contribution in [0.4, 0.5) is 5.69 Å². The predicted octanol–water partition coefficient (Wildman–Crippen LogP) is 4.42. The molecular formula is C27H28N2O5S. The van der Waals surface area contributed by atoms with E-state index >= 15 is 0 Å². The largest absolute Gasteiger partial charge is 0.491 e. The summed E-state index contributed by atoms with van der Waals surface area (Å²) in [5.74, 6) is 0.544. The number of hydrogen-bond donors (Lipinski definition) is 1. The Bertz CT molecular complexity index is 1400. The van der Waals surface area contributed by atoms with Gasteiger partial charge in [0.05, 0.1) is 22.7 Å². The van der Waals surface area contributed by atoms with E-state index in [2.05, 4.69) is 12.1 Å². The lowest BCUT2D eigenvalue weighted by Gasteiger charge is -2.14. The van der Waals surface area contributed by atoms with Crippen molar-refractivity contribution in [3.8, 4) is 17.0 Å². The molecule has 1 N–H and O–H groups in total. The lowest BCUT2D eigenvalue weighted by atomic mass is 10.1. The van der Waals surface area contributed by atoms with Gasteiger partial charge in [-0.15, -0.1) is 0 Å². The van der Waals surface area contributed by atoms with Crippen LogP contribution in [0.2, 0.25) is 0 Å². The van der Waals surface area contributed by atoms with Crippen molar-refractivity contribution in [3.63, 3.8) is 0 Å². The number of aliphatic hydroxyl groups excluding tert-OH is 1. The van der Waals surface area contributed by atoms with Crippen LogP contribution in [-0.4, -0.2) is 51.9 Å². The van der Waals surface area contributed by atoms with Crippen LogP contribution in [0.5, 0.6) is 5.75 Å². The van der Waals surface area contributed by atoms with E-state index in [1.165, 1.54) is 12.1 Å². The number of anilines is 1. The van der Waals surface area contributed by atoms with Crippen molar-refractivity contribution >= 4 is 26.7 Å². The maximum atomic E-state index is 12.3. The van der Waals surface area contributed by atoms with Gasteiger partial charge in [-0.1, -0.05) is 35.9 Å². The van der Waals surface area contributed by atoms with Crippen LogP contribution in [0.15, 0.2) is 83.8 Å². The molecule has 0 aliphatic heterocycles. The van der Waals surface area contributed by atoms with Gasteiger partial charge in [-0.25, -0.2) is 4.98 Å². The van der Waals surface area contributed by atoms with Crippen molar-refractivity contribution in [2.24, 2.45) is 0 Å². The number of fused-ring (bicyclic) bond motifs is 1. The average molecular weight is 493 g/mol. The number of aromatic nitrogens is 1. The Balaban J connectivity index is 1.36. The molecule has 4 rings (SSSR count). The van der Waals surface area contributed by atoms with E-state index < -0.39 is 22.8 Å². The highest BCUT2D eigenvalue weighted by Crippen LogP contribution is 2.26. The monoisotopic (exact) mass is 492 g/mol. The Morgan fingerprint density at radius 2 is 1.63 bits per heavy atom. The summed E-state index contributed by atoms with van der Waals surface area (Å²) in [6, 6.07) is 23.9. The second-order valence-electron chi connectivity index (χ2n) is 8.51. The quantitative estimate of drug-likeness (QED) is 0.346. The number of ether oxygens (including phenoxy) is 1. The lowest BCUT2D eigenvalue weighted by molar-refractivity contribution is 0.0649. The molecule has 0 bridgehead atoms. The zero-order valence-electron chi connectivity index (χ0n) is 19.9. The fourth-order valence-electron chi connectivity index (χ4n) is 3.47. The first-order chi connectivity index (χ1) is 16.7. The van der Waals surface area contributed by atoms with Gasteiger partial charge in [0.15, 0.2) is 0 Å². The van der Waals surface area contributed by atoms with E-state index in [9.17, 15) is 13.5 Å². The van der Waals surface area contributed by atoms with Gasteiger partial charge >= 0.3 is 0 Å². The molecule has 4 aromatic rings. The van der Waals surface area contributed by atoms with Crippen LogP contribution in [-0.2, 0) is 14.3 Å². The molecule has 0 unspecified atom stereocenters. The van der Waals surface area contributed by atoms with Gasteiger partial charge in [-0.2, -0.15) is 8.42 Å². The van der Waals surface area contributed by atoms with Crippen molar-refractivity contribution < 1.29 is 22.4 Å². The summed E-state index contributed by atoms with van der Waals surface area (Å²) >= 11 is 0. The van der Waals surface area contributed by atoms with E-state index in [-0.39, 0.29) is 11.5 Å². The molecule has 0 saturated carbocycles. The van der Waals surface area contributed by atoms with Gasteiger partial charge in [-0.3, -0.25) is 4.18 Å². The lowest BCUT2D eigenvalue weighted by Crippen LogP contribution is -2.25. The smallest absolute Gasteiger partial charge is 0.297 e. The van der Waals surface area contributed by atoms with Gasteiger partial charge in [0.2, 0.25) is 0 Å². The highest BCUT2D eigenvalue weighted by molar-refractivity contribution is 7.86. The number of pyridine rings is 1. The topological polar surface area (TPSA) is 89.0 Å². The Morgan fingerprint density at radius 3 is 2.31 bits per heavy atom. The first-order valence-electron chi connectivity index (χ1n) is 11.2. The molecule has 0 radical (unpaired) electrons. The fraction of sp³-hybridized carbons (Fsp3) is 0.222. The van der Waals surface area contributed by atoms with Crippen molar-refractivity contribution in [1.29, 1.82) is 0 Å². The minimum absolute atomic E-state index is 0.0475. The molecule has 0 amide bonds. The van der Waals surface area contributed by atoms with Gasteiger partial charge < -0.3 is 14.7 Å². The van der Waals surface area contributed by atoms with Crippen molar-refractivity contribution in [2.75, 3.05) is 32.2 Å². The highest BCUT2D eigenvalue weighted by Gasteiger charge is 2.18. The SMILES string of the molecule is Cc1ccc(S(=O)(=O)OC[C@@H](O)COc2ccc3nc(-c4ccc(N(C)C)cc4)ccc3c2)cc1. The summed E-state index contributed by atoms with van der Waals surface area (Å²) in [5.41, 5.74) is 4.79. The number of rotatable bonds is 9. The summed E-state index contributed by atoms with van der Waals surface area (Å²) in [6.07, 6.45) is -1.11. The van der Waals surface area contributed by atoms with E-state index in [1.54, 1.807) is 18.2 Å². The van der Waals surface area contributed by atoms with Crippen LogP contribution < -0.4 is 9.64 Å². The molecule has 7 nitrogen and oxygen atoms in total. The van der Waals surface area contributed by atoms with Crippen LogP contribution in [0.3, 0.4) is 0 Å². The molecule has 0 aliphatic carbocycles. The van der Waals surface area contributed by atoms with E-state index in [0.29, 0.717) is 5.75 Å². The zero-order chi connectivity index (χ0) is 25.0. The number of aryl methyl sites for hydroxylation is 1. The van der Waals surface area contributed by atoms with Gasteiger partial charge in [0.1, 0.15) is 18.5 Å². The highest BCUT2D eigenvalue weighted by atomic mass is 32.2. The normalized spacial score (nSPS) is 12.5. The van der Waals surface area contributed by atoms with Crippen LogP contribution >= 0.6 is 0 Å². The molecule has 0 saturated heterocycles. The fourth-order valence-corrected chi connectivity index (χ4v) is 4.41. The summed E-state index contributed by atoms with van der Waals surface area (Å²) < 4.78 is 35.2. The molecule has 1 atom stereocenters. The maximum absolute atomic E-state index is 12.3. The third kappa shape index (κ3) is 6.16. The standard InChI is InChI=1S/C27H28N2O5S/c1-19-4-12-25(13-5-19)35(31,32)34-18-23(30)17-33-24-11-15-27-21(16-24)8-14-26(28-27)20-6-9-22(10-7-20)29(2)3/h4-16,23,30H,17-18H2,1-3H3/t23-/m0/s1. The summed E-state index contributed by atoms with van der Waals surface area (Å²) in [4.78, 5) is 6.84. The van der Waals surface area contributed by atoms with Gasteiger partial charge in [0, 0.05) is 30.7 Å². The number of hydrogen-bond acceptors (Lipinski definition) is 7. The van der Waals surface area contributed by atoms with Crippen molar-refractivity contribution in [1.82, 2.24) is 4.98 Å². The molecule has 3 aromatic carbocycles. The second-order valence-corrected chi connectivity index (χ2v) is 10.1. The zero-order valence-corrected chi connectivity index (χ0v) is 20.7. The molecule has 35 heavy (non-hydrogen) atoms. The van der Waals surface area contributed by atoms with E-state index in [0.717, 1.165) is 33.4 Å². The maximum Gasteiger partial charge on any atom is 0.297 e. The van der Waals surface area contributed by atoms with E-state index in [1.807, 2.05) is 62.3 Å². The molecule has 8 heteroatoms. The molecular weight excluding hydrogens is 464 g/mol. The molecule has 1 aromatic heterocycles. The first kappa shape index (κ1) is 24.7. The Labute approximate surface area is 205 Å². The summed E-state index contributed by atoms with van der Waals surface area (Å²) in [6.45, 7) is 1.35. The van der Waals surface area contributed by atoms with Crippen molar-refractivity contribution in [3.05, 3.63) is 84.4 Å². The van der Waals surface area contributed by atoms with Crippen LogP contribution in [0.25, 0.3) is 22.2 Å². The molecule has 182 valence electrons. The van der Waals surface area contributed by atoms with Crippen LogP contribution in [0, 0.1) is 6.92 Å². The third-order valence-electron chi connectivity index (χ3n) is 5.51. The number of nitrogens with zero attached hydrogens (tertiary/aromatic N) is 2. The average Bonchev–Trinajstić information content (AvgIpc) is 2.86. The molecule has 1 heterocycles. The van der Waals surface area contributed by atoms with Gasteiger partial charge in [-0.05, 0) is 55.5 Å². The predicted molar refractivity (Wildman–Crippen MR) is 137 cm³/mol. The summed E-state index contributed by atoms with van der Waals surface area (Å²) in [7, 11) is 0.0607. The Hall–Kier alpha value is -3.46. The van der Waals surface area contributed by atoms with Crippen LogP contribution in [0.1, 0.15) is 5.56 Å². The Kier molecular flexibility index (Phi) is 7.35. The van der Waals surface area contributed by atoms with E-state index in [4.69, 9.17) is 13.9 Å². The van der Waals surface area contributed by atoms with Gasteiger partial charge in [0.25, 0.3) is 10.1 Å². The third-order valence-corrected chi connectivity index (χ3v) is 6.80. The minimum atomic E-state index is -3.94. The number of aliphatic hydroxyl groups is 1. The number of benzene rings is 3. The second kappa shape index (κ2) is 10.4. The van der Waals surface area contributed by atoms with Crippen molar-refractivity contribution in [2.45, 2.75) is 17.9 Å². The summed E-state index contributed by atoms with van der Waals surface area (Å²) in [5, 5.41) is 11.1. The molecule has 0 aliphatic rings.